The number of carboxylic acids is 2. The molecule has 0 saturated heterocycles. The molecule has 1 aromatic carbocycles. The molecule has 5 N–H and O–H groups in total. The molecular formula is C17H15N3O6S. The number of anilines is 2. The van der Waals surface area contributed by atoms with E-state index in [1.165, 1.54) is 0 Å². The van der Waals surface area contributed by atoms with Crippen LogP contribution in [-0.2, 0) is 20.8 Å². The predicted octanol–water partition coefficient (Wildman–Crippen LogP) is 1.29. The first kappa shape index (κ1) is 18.5. The number of carbonyl (C=O) groups excluding carboxylic acids is 2. The summed E-state index contributed by atoms with van der Waals surface area (Å²) in [7, 11) is 0. The maximum absolute atomic E-state index is 12.7. The molecule has 9 nitrogen and oxygen atoms in total. The van der Waals surface area contributed by atoms with Gasteiger partial charge in [0.2, 0.25) is 5.91 Å². The van der Waals surface area contributed by atoms with E-state index in [1.54, 1.807) is 24.3 Å². The summed E-state index contributed by atoms with van der Waals surface area (Å²) in [5, 5.41) is 26.0. The third-order valence-corrected chi connectivity index (χ3v) is 5.17. The number of carboxylic acid groups (broad SMARTS) is 2. The Labute approximate surface area is 157 Å². The number of hydrogen-bond donors (Lipinski definition) is 5. The molecule has 0 radical (unpaired) electrons. The summed E-state index contributed by atoms with van der Waals surface area (Å²) in [5.41, 5.74) is 0.828. The zero-order valence-electron chi connectivity index (χ0n) is 13.8. The standard InChI is InChI=1S/C17H15N3O6S/c21-13(19-8-4-2-1-3-5-8)11-12-9(6-7-18-11)10(16(23)24)15(27-12)20-14(22)17(25)26/h1-5,11,18H,6-7H2,(H,19,21)(H,20,22)(H,23,24)(H,25,26). The number of rotatable bonds is 4. The Morgan fingerprint density at radius 2 is 1.78 bits per heavy atom. The van der Waals surface area contributed by atoms with Crippen molar-refractivity contribution >= 4 is 45.8 Å². The second-order valence-electron chi connectivity index (χ2n) is 5.71. The first-order chi connectivity index (χ1) is 12.9. The fourth-order valence-electron chi connectivity index (χ4n) is 2.82. The van der Waals surface area contributed by atoms with Gasteiger partial charge in [-0.25, -0.2) is 9.59 Å². The lowest BCUT2D eigenvalue weighted by atomic mass is 9.98. The fourth-order valence-corrected chi connectivity index (χ4v) is 4.13. The van der Waals surface area contributed by atoms with Crippen LogP contribution < -0.4 is 16.0 Å². The molecular weight excluding hydrogens is 374 g/mol. The van der Waals surface area contributed by atoms with Crippen LogP contribution in [0.4, 0.5) is 10.7 Å². The summed E-state index contributed by atoms with van der Waals surface area (Å²) in [6, 6.07) is 7.97. The molecule has 140 valence electrons. The van der Waals surface area contributed by atoms with Crippen LogP contribution in [0.2, 0.25) is 0 Å². The summed E-state index contributed by atoms with van der Waals surface area (Å²) in [6.07, 6.45) is 0.339. The maximum Gasteiger partial charge on any atom is 0.394 e. The summed E-state index contributed by atoms with van der Waals surface area (Å²) < 4.78 is 0. The first-order valence-electron chi connectivity index (χ1n) is 7.91. The topological polar surface area (TPSA) is 145 Å². The third-order valence-electron chi connectivity index (χ3n) is 3.96. The van der Waals surface area contributed by atoms with Crippen LogP contribution >= 0.6 is 11.3 Å². The zero-order valence-corrected chi connectivity index (χ0v) is 14.6. The van der Waals surface area contributed by atoms with Crippen molar-refractivity contribution in [3.8, 4) is 0 Å². The Kier molecular flexibility index (Phi) is 5.19. The Bertz CT molecular complexity index is 924. The van der Waals surface area contributed by atoms with E-state index in [9.17, 15) is 24.3 Å². The second kappa shape index (κ2) is 7.56. The quantitative estimate of drug-likeness (QED) is 0.496. The largest absolute Gasteiger partial charge is 0.478 e. The molecule has 0 bridgehead atoms. The van der Waals surface area contributed by atoms with Gasteiger partial charge in [0.25, 0.3) is 0 Å². The molecule has 2 aromatic rings. The molecule has 2 amide bonds. The summed E-state index contributed by atoms with van der Waals surface area (Å²) in [4.78, 5) is 47.0. The number of amides is 2. The molecule has 1 atom stereocenters. The van der Waals surface area contributed by atoms with Crippen LogP contribution in [-0.4, -0.2) is 40.5 Å². The van der Waals surface area contributed by atoms with Crippen LogP contribution in [0.5, 0.6) is 0 Å². The number of para-hydroxylation sites is 1. The summed E-state index contributed by atoms with van der Waals surface area (Å²) in [5.74, 6) is -4.74. The van der Waals surface area contributed by atoms with E-state index < -0.39 is 23.9 Å². The van der Waals surface area contributed by atoms with Gasteiger partial charge in [-0.05, 0) is 24.1 Å². The van der Waals surface area contributed by atoms with Gasteiger partial charge in [-0.15, -0.1) is 11.3 Å². The highest BCUT2D eigenvalue weighted by atomic mass is 32.1. The highest BCUT2D eigenvalue weighted by Crippen LogP contribution is 2.40. The van der Waals surface area contributed by atoms with Crippen molar-refractivity contribution in [3.05, 3.63) is 46.3 Å². The first-order valence-corrected chi connectivity index (χ1v) is 8.72. The summed E-state index contributed by atoms with van der Waals surface area (Å²) in [6.45, 7) is 0.364. The molecule has 1 aliphatic rings. The molecule has 0 fully saturated rings. The molecule has 10 heteroatoms. The van der Waals surface area contributed by atoms with Gasteiger partial charge in [0.15, 0.2) is 0 Å². The van der Waals surface area contributed by atoms with E-state index >= 15 is 0 Å². The smallest absolute Gasteiger partial charge is 0.394 e. The molecule has 1 aromatic heterocycles. The van der Waals surface area contributed by atoms with E-state index in [0.29, 0.717) is 29.1 Å². The second-order valence-corrected chi connectivity index (χ2v) is 6.76. The van der Waals surface area contributed by atoms with E-state index in [1.807, 2.05) is 6.07 Å². The number of carbonyl (C=O) groups is 4. The van der Waals surface area contributed by atoms with Crippen LogP contribution in [0.3, 0.4) is 0 Å². The Hall–Kier alpha value is -3.24. The monoisotopic (exact) mass is 389 g/mol. The van der Waals surface area contributed by atoms with Gasteiger partial charge >= 0.3 is 17.8 Å². The molecule has 3 rings (SSSR count). The lowest BCUT2D eigenvalue weighted by molar-refractivity contribution is -0.147. The van der Waals surface area contributed by atoms with Gasteiger partial charge in [0.05, 0.1) is 5.56 Å². The van der Waals surface area contributed by atoms with E-state index in [2.05, 4.69) is 16.0 Å². The minimum Gasteiger partial charge on any atom is -0.478 e. The molecule has 1 unspecified atom stereocenters. The zero-order chi connectivity index (χ0) is 19.6. The van der Waals surface area contributed by atoms with Crippen molar-refractivity contribution in [1.82, 2.24) is 5.32 Å². The van der Waals surface area contributed by atoms with Crippen LogP contribution in [0.15, 0.2) is 30.3 Å². The van der Waals surface area contributed by atoms with Crippen molar-refractivity contribution in [1.29, 1.82) is 0 Å². The highest BCUT2D eigenvalue weighted by Gasteiger charge is 2.34. The lowest BCUT2D eigenvalue weighted by Gasteiger charge is -2.23. The fraction of sp³-hybridized carbons (Fsp3) is 0.176. The molecule has 1 aliphatic heterocycles. The number of hydrogen-bond acceptors (Lipinski definition) is 6. The van der Waals surface area contributed by atoms with Crippen LogP contribution in [0.1, 0.15) is 26.8 Å². The number of nitrogens with one attached hydrogen (secondary N) is 3. The van der Waals surface area contributed by atoms with Gasteiger partial charge in [0.1, 0.15) is 11.0 Å². The average molecular weight is 389 g/mol. The predicted molar refractivity (Wildman–Crippen MR) is 97.1 cm³/mol. The molecule has 27 heavy (non-hydrogen) atoms. The molecule has 0 aliphatic carbocycles. The van der Waals surface area contributed by atoms with Crippen LogP contribution in [0.25, 0.3) is 0 Å². The SMILES string of the molecule is O=C(O)C(=O)Nc1sc2c(c1C(=O)O)CCNC2C(=O)Nc1ccccc1. The van der Waals surface area contributed by atoms with Gasteiger partial charge in [-0.2, -0.15) is 0 Å². The van der Waals surface area contributed by atoms with E-state index in [0.717, 1.165) is 11.3 Å². The van der Waals surface area contributed by atoms with Crippen LogP contribution in [0, 0.1) is 0 Å². The van der Waals surface area contributed by atoms with Gasteiger partial charge in [-0.1, -0.05) is 18.2 Å². The maximum atomic E-state index is 12.7. The van der Waals surface area contributed by atoms with Crippen molar-refractivity contribution in [3.63, 3.8) is 0 Å². The third kappa shape index (κ3) is 3.81. The van der Waals surface area contributed by atoms with Crippen molar-refractivity contribution < 1.29 is 29.4 Å². The number of fused-ring (bicyclic) bond motifs is 1. The van der Waals surface area contributed by atoms with Gasteiger partial charge < -0.3 is 26.2 Å². The number of thiophene rings is 1. The minimum atomic E-state index is -1.73. The molecule has 0 spiro atoms. The number of aromatic carboxylic acids is 1. The lowest BCUT2D eigenvalue weighted by Crippen LogP contribution is -2.37. The van der Waals surface area contributed by atoms with E-state index in [4.69, 9.17) is 5.11 Å². The Morgan fingerprint density at radius 1 is 1.07 bits per heavy atom. The number of aliphatic carboxylic acids is 1. The van der Waals surface area contributed by atoms with Crippen molar-refractivity contribution in [2.45, 2.75) is 12.5 Å². The van der Waals surface area contributed by atoms with E-state index in [-0.39, 0.29) is 16.5 Å². The number of benzene rings is 1. The van der Waals surface area contributed by atoms with Gasteiger partial charge in [-0.3, -0.25) is 9.59 Å². The Balaban J connectivity index is 1.94. The van der Waals surface area contributed by atoms with Gasteiger partial charge in [0, 0.05) is 17.1 Å². The minimum absolute atomic E-state index is 0.0962. The average Bonchev–Trinajstić information content (AvgIpc) is 3.00. The highest BCUT2D eigenvalue weighted by molar-refractivity contribution is 7.17. The molecule has 0 saturated carbocycles. The van der Waals surface area contributed by atoms with Crippen molar-refractivity contribution in [2.24, 2.45) is 0 Å². The van der Waals surface area contributed by atoms with Crippen molar-refractivity contribution in [2.75, 3.05) is 17.2 Å². The molecule has 2 heterocycles. The Morgan fingerprint density at radius 3 is 2.41 bits per heavy atom. The summed E-state index contributed by atoms with van der Waals surface area (Å²) >= 11 is 0.884. The normalized spacial score (nSPS) is 15.5.